The van der Waals surface area contributed by atoms with Gasteiger partial charge in [0.15, 0.2) is 0 Å². The van der Waals surface area contributed by atoms with E-state index in [0.29, 0.717) is 0 Å². The Labute approximate surface area is 89.3 Å². The maximum Gasteiger partial charge on any atom is 0.133 e. The van der Waals surface area contributed by atoms with Crippen molar-refractivity contribution in [1.29, 1.82) is 0 Å². The number of nitrogens with zero attached hydrogens (tertiary/aromatic N) is 2. The number of rotatable bonds is 0. The molecule has 0 aliphatic carbocycles. The molecule has 0 aromatic heterocycles. The van der Waals surface area contributed by atoms with E-state index in [1.807, 2.05) is 18.2 Å². The Morgan fingerprint density at radius 1 is 1.27 bits per heavy atom. The van der Waals surface area contributed by atoms with Crippen molar-refractivity contribution in [2.24, 2.45) is 4.99 Å². The van der Waals surface area contributed by atoms with Gasteiger partial charge in [0, 0.05) is 6.20 Å². The minimum Gasteiger partial charge on any atom is -0.329 e. The number of hydrogen-bond acceptors (Lipinski definition) is 2. The van der Waals surface area contributed by atoms with Gasteiger partial charge in [0.05, 0.1) is 12.2 Å². The number of aliphatic imine (C=N–C) groups is 1. The van der Waals surface area contributed by atoms with Gasteiger partial charge < -0.3 is 4.90 Å². The van der Waals surface area contributed by atoms with E-state index in [1.165, 1.54) is 11.1 Å². The second-order valence-corrected chi connectivity index (χ2v) is 3.93. The van der Waals surface area contributed by atoms with E-state index in [9.17, 15) is 0 Å². The quantitative estimate of drug-likeness (QED) is 0.623. The third-order valence-corrected chi connectivity index (χ3v) is 2.73. The molecule has 0 bridgehead atoms. The molecule has 2 heteroatoms. The fraction of sp³-hybridized carbons (Fsp3) is 0.154. The Morgan fingerprint density at radius 3 is 3.13 bits per heavy atom. The standard InChI is InChI=1S/C13H12N2/c1-10-5-6-12-11(8-10)9-15-7-3-2-4-13(15)14-12/h2-8H,9H2,1H3. The van der Waals surface area contributed by atoms with E-state index in [-0.39, 0.29) is 0 Å². The van der Waals surface area contributed by atoms with E-state index in [2.05, 4.69) is 41.2 Å². The van der Waals surface area contributed by atoms with Gasteiger partial charge in [-0.2, -0.15) is 0 Å². The highest BCUT2D eigenvalue weighted by Crippen LogP contribution is 2.28. The van der Waals surface area contributed by atoms with Crippen LogP contribution >= 0.6 is 0 Å². The molecular formula is C13H12N2. The number of hydrogen-bond donors (Lipinski definition) is 0. The van der Waals surface area contributed by atoms with Crippen LogP contribution in [0.15, 0.2) is 47.6 Å². The van der Waals surface area contributed by atoms with Gasteiger partial charge in [-0.1, -0.05) is 23.8 Å². The van der Waals surface area contributed by atoms with Crippen LogP contribution < -0.4 is 0 Å². The van der Waals surface area contributed by atoms with Crippen molar-refractivity contribution in [3.8, 4) is 0 Å². The molecule has 2 nitrogen and oxygen atoms in total. The first-order valence-electron chi connectivity index (χ1n) is 5.13. The molecule has 0 fully saturated rings. The lowest BCUT2D eigenvalue weighted by molar-refractivity contribution is 0.544. The van der Waals surface area contributed by atoms with Gasteiger partial charge in [0.2, 0.25) is 0 Å². The maximum atomic E-state index is 4.61. The second-order valence-electron chi connectivity index (χ2n) is 3.93. The van der Waals surface area contributed by atoms with Crippen LogP contribution in [0.5, 0.6) is 0 Å². The molecule has 2 heterocycles. The van der Waals surface area contributed by atoms with E-state index < -0.39 is 0 Å². The number of fused-ring (bicyclic) bond motifs is 2. The molecule has 1 aromatic carbocycles. The zero-order valence-electron chi connectivity index (χ0n) is 8.64. The smallest absolute Gasteiger partial charge is 0.133 e. The Bertz CT molecular complexity index is 495. The van der Waals surface area contributed by atoms with Gasteiger partial charge in [-0.3, -0.25) is 0 Å². The van der Waals surface area contributed by atoms with Crippen LogP contribution in [0.1, 0.15) is 11.1 Å². The highest BCUT2D eigenvalue weighted by molar-refractivity contribution is 5.97. The molecule has 1 aromatic rings. The molecule has 15 heavy (non-hydrogen) atoms. The highest BCUT2D eigenvalue weighted by atomic mass is 15.2. The first kappa shape index (κ1) is 8.48. The lowest BCUT2D eigenvalue weighted by Gasteiger charge is -2.27. The molecule has 2 aliphatic rings. The molecule has 0 N–H and O–H groups in total. The number of allylic oxidation sites excluding steroid dienone is 2. The molecule has 0 saturated heterocycles. The van der Waals surface area contributed by atoms with E-state index >= 15 is 0 Å². The SMILES string of the molecule is Cc1ccc2c(c1)CN1C=CC=CC1=N2. The summed E-state index contributed by atoms with van der Waals surface area (Å²) in [7, 11) is 0. The number of aryl methyl sites for hydroxylation is 1. The van der Waals surface area contributed by atoms with Gasteiger partial charge in [-0.15, -0.1) is 0 Å². The summed E-state index contributed by atoms with van der Waals surface area (Å²) >= 11 is 0. The fourth-order valence-corrected chi connectivity index (χ4v) is 1.96. The van der Waals surface area contributed by atoms with Crippen molar-refractivity contribution >= 4 is 11.5 Å². The highest BCUT2D eigenvalue weighted by Gasteiger charge is 2.16. The normalized spacial score (nSPS) is 17.1. The molecule has 3 rings (SSSR count). The number of amidine groups is 1. The van der Waals surface area contributed by atoms with Gasteiger partial charge >= 0.3 is 0 Å². The summed E-state index contributed by atoms with van der Waals surface area (Å²) in [5.41, 5.74) is 3.70. The summed E-state index contributed by atoms with van der Waals surface area (Å²) in [5, 5.41) is 0. The van der Waals surface area contributed by atoms with Crippen molar-refractivity contribution in [3.63, 3.8) is 0 Å². The van der Waals surface area contributed by atoms with E-state index in [4.69, 9.17) is 0 Å². The molecule has 74 valence electrons. The van der Waals surface area contributed by atoms with Gasteiger partial charge in [-0.05, 0) is 30.7 Å². The Hall–Kier alpha value is -1.83. The molecule has 0 radical (unpaired) electrons. The number of benzene rings is 1. The lowest BCUT2D eigenvalue weighted by atomic mass is 10.1. The van der Waals surface area contributed by atoms with Gasteiger partial charge in [-0.25, -0.2) is 4.99 Å². The summed E-state index contributed by atoms with van der Waals surface area (Å²) in [4.78, 5) is 6.78. The van der Waals surface area contributed by atoms with Crippen LogP contribution in [0.2, 0.25) is 0 Å². The van der Waals surface area contributed by atoms with Crippen LogP contribution in [0, 0.1) is 6.92 Å². The Kier molecular flexibility index (Phi) is 1.75. The summed E-state index contributed by atoms with van der Waals surface area (Å²) < 4.78 is 0. The first-order chi connectivity index (χ1) is 7.33. The Balaban J connectivity index is 2.12. The summed E-state index contributed by atoms with van der Waals surface area (Å²) in [6, 6.07) is 6.42. The topological polar surface area (TPSA) is 15.6 Å². The molecule has 0 atom stereocenters. The van der Waals surface area contributed by atoms with Crippen LogP contribution in [-0.2, 0) is 6.54 Å². The lowest BCUT2D eigenvalue weighted by Crippen LogP contribution is -2.27. The minimum atomic E-state index is 0.927. The zero-order chi connectivity index (χ0) is 10.3. The van der Waals surface area contributed by atoms with Crippen LogP contribution in [0.4, 0.5) is 5.69 Å². The summed E-state index contributed by atoms with van der Waals surface area (Å²) in [5.74, 6) is 1.04. The van der Waals surface area contributed by atoms with Crippen molar-refractivity contribution in [1.82, 2.24) is 4.90 Å². The van der Waals surface area contributed by atoms with Crippen molar-refractivity contribution in [2.45, 2.75) is 13.5 Å². The maximum absolute atomic E-state index is 4.61. The fourth-order valence-electron chi connectivity index (χ4n) is 1.96. The zero-order valence-corrected chi connectivity index (χ0v) is 8.64. The van der Waals surface area contributed by atoms with Crippen LogP contribution in [-0.4, -0.2) is 10.7 Å². The molecule has 2 aliphatic heterocycles. The average molecular weight is 196 g/mol. The molecule has 0 amide bonds. The first-order valence-corrected chi connectivity index (χ1v) is 5.13. The minimum absolute atomic E-state index is 0.927. The van der Waals surface area contributed by atoms with Gasteiger partial charge in [0.25, 0.3) is 0 Å². The van der Waals surface area contributed by atoms with Crippen LogP contribution in [0.25, 0.3) is 0 Å². The summed E-state index contributed by atoms with van der Waals surface area (Å²) in [6.07, 6.45) is 8.18. The second kappa shape index (κ2) is 3.09. The third kappa shape index (κ3) is 1.38. The van der Waals surface area contributed by atoms with Crippen LogP contribution in [0.3, 0.4) is 0 Å². The monoisotopic (exact) mass is 196 g/mol. The van der Waals surface area contributed by atoms with Crippen molar-refractivity contribution in [3.05, 3.63) is 53.8 Å². The largest absolute Gasteiger partial charge is 0.329 e. The predicted molar refractivity (Wildman–Crippen MR) is 62.1 cm³/mol. The molecule has 0 spiro atoms. The van der Waals surface area contributed by atoms with E-state index in [0.717, 1.165) is 18.1 Å². The van der Waals surface area contributed by atoms with Crippen molar-refractivity contribution in [2.75, 3.05) is 0 Å². The van der Waals surface area contributed by atoms with E-state index in [1.54, 1.807) is 0 Å². The third-order valence-electron chi connectivity index (χ3n) is 2.73. The molecular weight excluding hydrogens is 184 g/mol. The molecule has 0 saturated carbocycles. The molecule has 0 unspecified atom stereocenters. The predicted octanol–water partition coefficient (Wildman–Crippen LogP) is 2.92. The summed E-state index contributed by atoms with van der Waals surface area (Å²) in [6.45, 7) is 3.04. The average Bonchev–Trinajstić information content (AvgIpc) is 2.26. The van der Waals surface area contributed by atoms with Crippen molar-refractivity contribution < 1.29 is 0 Å². The van der Waals surface area contributed by atoms with Gasteiger partial charge in [0.1, 0.15) is 5.84 Å². The Morgan fingerprint density at radius 2 is 2.20 bits per heavy atom.